The normalized spacial score (nSPS) is 24.2. The van der Waals surface area contributed by atoms with Gasteiger partial charge in [0.25, 0.3) is 18.2 Å². The van der Waals surface area contributed by atoms with Gasteiger partial charge in [-0.2, -0.15) is 0 Å². The summed E-state index contributed by atoms with van der Waals surface area (Å²) in [4.78, 5) is 93.8. The maximum atomic E-state index is 14.1. The van der Waals surface area contributed by atoms with Gasteiger partial charge >= 0.3 is 11.9 Å². The molecule has 2 saturated heterocycles. The predicted molar refractivity (Wildman–Crippen MR) is 307 cm³/mol. The molecule has 6 unspecified atom stereocenters. The Morgan fingerprint density at radius 3 is 2.06 bits per heavy atom. The monoisotopic (exact) mass is 1120 g/mol. The molecule has 0 aromatic heterocycles. The molecule has 3 rings (SSSR count). The molecular weight excluding hydrogens is 1010 g/mol. The molecule has 452 valence electrons. The van der Waals surface area contributed by atoms with Crippen molar-refractivity contribution in [2.24, 2.45) is 40.4 Å². The van der Waals surface area contributed by atoms with Crippen LogP contribution in [0.3, 0.4) is 0 Å². The number of esters is 2. The van der Waals surface area contributed by atoms with Gasteiger partial charge in [0.1, 0.15) is 18.0 Å². The second kappa shape index (κ2) is 36.2. The summed E-state index contributed by atoms with van der Waals surface area (Å²) < 4.78 is 29.3. The zero-order valence-electron chi connectivity index (χ0n) is 51.3. The van der Waals surface area contributed by atoms with Crippen molar-refractivity contribution in [2.45, 2.75) is 242 Å². The van der Waals surface area contributed by atoms with E-state index in [1.165, 1.54) is 7.11 Å². The van der Waals surface area contributed by atoms with Crippen LogP contribution in [-0.2, 0) is 57.2 Å². The number of hydrogen-bond acceptors (Lipinski definition) is 15. The number of amides is 1. The topological polar surface area (TPSA) is 230 Å². The summed E-state index contributed by atoms with van der Waals surface area (Å²) in [6.07, 6.45) is 19.2. The first-order chi connectivity index (χ1) is 37.2. The highest BCUT2D eigenvalue weighted by molar-refractivity contribution is 6.38. The number of rotatable bonds is 30. The van der Waals surface area contributed by atoms with Crippen molar-refractivity contribution in [3.63, 3.8) is 0 Å². The Balaban J connectivity index is 0.00000761. The van der Waals surface area contributed by atoms with Crippen molar-refractivity contribution in [1.29, 1.82) is 0 Å². The Labute approximate surface area is 474 Å². The van der Waals surface area contributed by atoms with Crippen LogP contribution < -0.4 is 0 Å². The Morgan fingerprint density at radius 2 is 1.48 bits per heavy atom. The summed E-state index contributed by atoms with van der Waals surface area (Å²) in [5, 5.41) is 25.4. The molecule has 2 heterocycles. The van der Waals surface area contributed by atoms with Gasteiger partial charge in [0.2, 0.25) is 5.79 Å². The molecule has 0 aromatic rings. The number of nitrogens with zero attached hydrogens (tertiary/aromatic N) is 1. The maximum absolute atomic E-state index is 14.1. The van der Waals surface area contributed by atoms with Crippen molar-refractivity contribution in [3.05, 3.63) is 47.6 Å². The lowest BCUT2D eigenvalue weighted by Crippen LogP contribution is -2.59. The van der Waals surface area contributed by atoms with Gasteiger partial charge in [-0.05, 0) is 168 Å². The van der Waals surface area contributed by atoms with E-state index in [1.54, 1.807) is 38.7 Å². The van der Waals surface area contributed by atoms with Gasteiger partial charge in [-0.1, -0.05) is 83.6 Å². The van der Waals surface area contributed by atoms with Gasteiger partial charge in [0.05, 0.1) is 16.9 Å². The fourth-order valence-corrected chi connectivity index (χ4v) is 9.98. The number of ketones is 3. The number of hydrogen-bond donors (Lipinski definition) is 3. The van der Waals surface area contributed by atoms with E-state index < -0.39 is 64.4 Å². The van der Waals surface area contributed by atoms with E-state index in [4.69, 9.17) is 33.9 Å². The Morgan fingerprint density at radius 1 is 0.835 bits per heavy atom. The van der Waals surface area contributed by atoms with Gasteiger partial charge < -0.3 is 43.9 Å². The highest BCUT2D eigenvalue weighted by Gasteiger charge is 2.52. The summed E-state index contributed by atoms with van der Waals surface area (Å²) >= 11 is 0. The summed E-state index contributed by atoms with van der Waals surface area (Å²) in [6, 6.07) is -0.0434. The molecule has 79 heavy (non-hydrogen) atoms. The van der Waals surface area contributed by atoms with Crippen LogP contribution in [0.15, 0.2) is 47.6 Å². The van der Waals surface area contributed by atoms with Crippen molar-refractivity contribution >= 4 is 41.7 Å². The molecule has 16 heteroatoms. The quantitative estimate of drug-likeness (QED) is 0.0152. The highest BCUT2D eigenvalue weighted by Crippen LogP contribution is 2.38. The van der Waals surface area contributed by atoms with Crippen molar-refractivity contribution in [2.75, 3.05) is 27.9 Å². The second-order valence-electron chi connectivity index (χ2n) is 23.9. The van der Waals surface area contributed by atoms with Crippen LogP contribution >= 0.6 is 0 Å². The van der Waals surface area contributed by atoms with E-state index in [-0.39, 0.29) is 60.5 Å². The molecule has 2 aliphatic heterocycles. The first-order valence-electron chi connectivity index (χ1n) is 29.1. The molecule has 1 saturated carbocycles. The van der Waals surface area contributed by atoms with Crippen LogP contribution in [0.5, 0.6) is 0 Å². The molecule has 3 N–H and O–H groups in total. The van der Waals surface area contributed by atoms with Crippen molar-refractivity contribution in [1.82, 2.24) is 4.90 Å². The highest BCUT2D eigenvalue weighted by atomic mass is 16.6. The van der Waals surface area contributed by atoms with Gasteiger partial charge in [-0.3, -0.25) is 33.6 Å². The number of Topliss-reactive ketones (excluding diaryl/α,β-unsaturated/α-hetero) is 3. The molecule has 1 aliphatic carbocycles. The fraction of sp³-hybridized carbons (Fsp3) is 0.762. The lowest BCUT2D eigenvalue weighted by molar-refractivity contribution is -0.263. The van der Waals surface area contributed by atoms with Gasteiger partial charge in [-0.25, -0.2) is 0 Å². The van der Waals surface area contributed by atoms with E-state index in [2.05, 4.69) is 0 Å². The summed E-state index contributed by atoms with van der Waals surface area (Å²) in [6.45, 7) is 25.4. The van der Waals surface area contributed by atoms with Gasteiger partial charge in [-0.15, -0.1) is 0 Å². The third kappa shape index (κ3) is 22.8. The largest absolute Gasteiger partial charge is 0.464 e. The minimum absolute atomic E-state index is 0.00470. The second-order valence-corrected chi connectivity index (χ2v) is 23.9. The Kier molecular flexibility index (Phi) is 33.3. The predicted octanol–water partition coefficient (Wildman–Crippen LogP) is 10.5. The van der Waals surface area contributed by atoms with Crippen molar-refractivity contribution in [3.8, 4) is 0 Å². The molecule has 1 amide bonds. The number of aliphatic hydroxyl groups is 3. The van der Waals surface area contributed by atoms with Gasteiger partial charge in [0, 0.05) is 58.6 Å². The average Bonchev–Trinajstić information content (AvgIpc) is 3.44. The first kappa shape index (κ1) is 72.7. The van der Waals surface area contributed by atoms with Crippen LogP contribution in [0.4, 0.5) is 0 Å². The lowest BCUT2D eigenvalue weighted by atomic mass is 9.80. The number of methoxy groups -OCH3 is 1. The first-order valence-corrected chi connectivity index (χ1v) is 29.1. The van der Waals surface area contributed by atoms with E-state index in [0.717, 1.165) is 71.2 Å². The molecule has 0 bridgehead atoms. The third-order valence-electron chi connectivity index (χ3n) is 17.0. The standard InChI is InChI=1S/C61H97NO13.2CH4O/c1-15-59(10,11)57(68)73-49-34-29-47(30-35-49)37-44(7)51(72-39-63)38-48(64)31-27-43(6)53(74-58(69)60(12,13)40(2)3)54(71-14)52(65)42(5)24-20-18-16-17-19-23-41(4)26-32-50-33-28-45(8)61(70,75-50)55(66)56(67)62-36-22-21-25-46(62)9;2*1-2/h16-19,23,27,39-40,42,44-47,49-51,53-54,70H,15,20-22,24-26,28-38H2,1-14H3;2*2H,1H3/b18-16+,19-17+,41-23+,43-27+;;/t42?,44-,45?,46?,47?,49?,50?,51+,53?,54+,61?;;/m1../s1. The number of carbonyl (C=O) groups is 7. The SMILES string of the molecule is CCC(C)(C)C(=O)OC1CCC(C[C@@H](C)[C@H](CC(=O)C/C=C(\C)C(OC(=O)C(C)(C)C(C)C)[C@@H](OC)C(=O)C(C)CC/C=C/C=C/C=C(\C)CCC2CCC(C)C(O)(C(=O)C(=O)N3CCCCC3C)O2)OC=O)CC1.CO.CO. The Bertz CT molecular complexity index is 2030. The molecule has 3 aliphatic rings. The van der Waals surface area contributed by atoms with E-state index in [1.807, 2.05) is 92.7 Å². The molecule has 3 fully saturated rings. The average molecular weight is 1120 g/mol. The molecule has 0 spiro atoms. The summed E-state index contributed by atoms with van der Waals surface area (Å²) in [5.74, 6) is -5.45. The Hall–Kier alpha value is -4.35. The minimum atomic E-state index is -2.13. The van der Waals surface area contributed by atoms with Crippen LogP contribution in [0.1, 0.15) is 199 Å². The molecule has 0 radical (unpaired) electrons. The van der Waals surface area contributed by atoms with Crippen LogP contribution in [0, 0.1) is 40.4 Å². The molecule has 9 atom stereocenters. The number of allylic oxidation sites excluding steroid dienone is 7. The fourth-order valence-electron chi connectivity index (χ4n) is 9.98. The smallest absolute Gasteiger partial charge is 0.312 e. The van der Waals surface area contributed by atoms with Crippen LogP contribution in [-0.4, -0.2) is 132 Å². The number of carbonyl (C=O) groups excluding carboxylic acids is 7. The number of piperidine rings is 1. The maximum Gasteiger partial charge on any atom is 0.312 e. The third-order valence-corrected chi connectivity index (χ3v) is 17.0. The van der Waals surface area contributed by atoms with E-state index >= 15 is 0 Å². The summed E-state index contributed by atoms with van der Waals surface area (Å²) in [7, 11) is 3.42. The molecule has 0 aromatic carbocycles. The number of ether oxygens (including phenoxy) is 5. The zero-order valence-corrected chi connectivity index (χ0v) is 51.3. The summed E-state index contributed by atoms with van der Waals surface area (Å²) in [5.41, 5.74) is 0.204. The number of aliphatic hydroxyl groups excluding tert-OH is 2. The van der Waals surface area contributed by atoms with E-state index in [0.29, 0.717) is 69.5 Å². The van der Waals surface area contributed by atoms with E-state index in [9.17, 15) is 38.7 Å². The molecular formula is C63H105NO15. The van der Waals surface area contributed by atoms with Gasteiger partial charge in [0.15, 0.2) is 18.0 Å². The lowest BCUT2D eigenvalue weighted by Gasteiger charge is -2.42. The van der Waals surface area contributed by atoms with Crippen molar-refractivity contribution < 1.29 is 72.6 Å². The zero-order chi connectivity index (χ0) is 60.3. The van der Waals surface area contributed by atoms with Crippen LogP contribution in [0.25, 0.3) is 0 Å². The van der Waals surface area contributed by atoms with Crippen LogP contribution in [0.2, 0.25) is 0 Å². The molecule has 16 nitrogen and oxygen atoms in total. The minimum Gasteiger partial charge on any atom is -0.464 e. The number of likely N-dealkylation sites (tertiary alicyclic amines) is 1.